The van der Waals surface area contributed by atoms with E-state index in [-0.39, 0.29) is 48.9 Å². The molecule has 3 rings (SSSR count). The first-order chi connectivity index (χ1) is 11.2. The van der Waals surface area contributed by atoms with Gasteiger partial charge in [0.15, 0.2) is 0 Å². The molecule has 132 valence electrons. The van der Waals surface area contributed by atoms with Crippen LogP contribution in [0.5, 0.6) is 0 Å². The summed E-state index contributed by atoms with van der Waals surface area (Å²) in [4.78, 5) is 23.9. The Morgan fingerprint density at radius 2 is 1.92 bits per heavy atom. The van der Waals surface area contributed by atoms with Crippen LogP contribution in [0.25, 0.3) is 0 Å². The summed E-state index contributed by atoms with van der Waals surface area (Å²) in [5, 5.41) is 9.21. The average molecular weight is 354 g/mol. The van der Waals surface area contributed by atoms with Gasteiger partial charge in [-0.1, -0.05) is 30.3 Å². The number of morpholine rings is 1. The summed E-state index contributed by atoms with van der Waals surface area (Å²) in [6.07, 6.45) is 1.49. The van der Waals surface area contributed by atoms with E-state index >= 15 is 0 Å². The van der Waals surface area contributed by atoms with Gasteiger partial charge >= 0.3 is 0 Å². The highest BCUT2D eigenvalue weighted by Crippen LogP contribution is 2.22. The van der Waals surface area contributed by atoms with Crippen LogP contribution in [0.3, 0.4) is 0 Å². The van der Waals surface area contributed by atoms with Gasteiger partial charge in [-0.25, -0.2) is 0 Å². The zero-order chi connectivity index (χ0) is 16.1. The summed E-state index contributed by atoms with van der Waals surface area (Å²) < 4.78 is 5.66. The molecule has 6 nitrogen and oxygen atoms in total. The molecule has 0 aromatic heterocycles. The largest absolute Gasteiger partial charge is 0.364 e. The highest BCUT2D eigenvalue weighted by molar-refractivity contribution is 5.85. The number of piperidine rings is 1. The van der Waals surface area contributed by atoms with Crippen molar-refractivity contribution in [3.63, 3.8) is 0 Å². The second kappa shape index (κ2) is 9.01. The van der Waals surface area contributed by atoms with E-state index < -0.39 is 0 Å². The van der Waals surface area contributed by atoms with E-state index in [1.54, 1.807) is 0 Å². The molecule has 0 radical (unpaired) electrons. The fourth-order valence-corrected chi connectivity index (χ4v) is 3.15. The number of carbonyl (C=O) groups excluding carboxylic acids is 2. The Labute approximate surface area is 148 Å². The van der Waals surface area contributed by atoms with Crippen molar-refractivity contribution >= 4 is 24.2 Å². The van der Waals surface area contributed by atoms with Gasteiger partial charge in [-0.15, -0.1) is 12.4 Å². The maximum absolute atomic E-state index is 12.3. The smallest absolute Gasteiger partial charge is 0.246 e. The lowest BCUT2D eigenvalue weighted by Gasteiger charge is -2.33. The van der Waals surface area contributed by atoms with Gasteiger partial charge in [0, 0.05) is 12.5 Å². The Hall–Kier alpha value is -1.63. The van der Waals surface area contributed by atoms with Gasteiger partial charge in [-0.05, 0) is 31.5 Å². The lowest BCUT2D eigenvalue weighted by molar-refractivity contribution is -0.137. The van der Waals surface area contributed by atoms with Crippen LogP contribution in [0.1, 0.15) is 24.4 Å². The Kier molecular flexibility index (Phi) is 7.02. The van der Waals surface area contributed by atoms with Crippen LogP contribution < -0.4 is 16.0 Å². The molecule has 7 heteroatoms. The fraction of sp³-hybridized carbons (Fsp3) is 0.529. The first kappa shape index (κ1) is 18.7. The van der Waals surface area contributed by atoms with Crippen molar-refractivity contribution in [3.05, 3.63) is 35.9 Å². The monoisotopic (exact) mass is 353 g/mol. The first-order valence-corrected chi connectivity index (χ1v) is 8.18. The molecule has 3 N–H and O–H groups in total. The van der Waals surface area contributed by atoms with Gasteiger partial charge in [0.05, 0.1) is 12.1 Å². The van der Waals surface area contributed by atoms with Crippen LogP contribution in [0, 0.1) is 5.92 Å². The van der Waals surface area contributed by atoms with Gasteiger partial charge in [0.2, 0.25) is 11.8 Å². The molecule has 2 saturated heterocycles. The Morgan fingerprint density at radius 3 is 2.62 bits per heavy atom. The number of halogens is 1. The van der Waals surface area contributed by atoms with Crippen molar-refractivity contribution in [1.82, 2.24) is 16.0 Å². The number of hydrogen-bond donors (Lipinski definition) is 3. The van der Waals surface area contributed by atoms with Crippen molar-refractivity contribution in [2.45, 2.75) is 25.0 Å². The number of hydrogen-bond acceptors (Lipinski definition) is 4. The molecule has 0 unspecified atom stereocenters. The molecule has 2 atom stereocenters. The second-order valence-electron chi connectivity index (χ2n) is 6.07. The van der Waals surface area contributed by atoms with E-state index in [0.717, 1.165) is 31.5 Å². The maximum Gasteiger partial charge on any atom is 0.246 e. The van der Waals surface area contributed by atoms with Crippen LogP contribution in [0.4, 0.5) is 0 Å². The van der Waals surface area contributed by atoms with E-state index in [2.05, 4.69) is 16.0 Å². The van der Waals surface area contributed by atoms with E-state index in [4.69, 9.17) is 4.74 Å². The van der Waals surface area contributed by atoms with Crippen LogP contribution in [0.2, 0.25) is 0 Å². The molecule has 1 aromatic carbocycles. The normalized spacial score (nSPS) is 24.6. The SMILES string of the molecule is Cl.O=C1CO[C@@H](CNC(=O)C2CCNCC2)[C@@H](c2ccccc2)N1. The van der Waals surface area contributed by atoms with Crippen LogP contribution in [-0.4, -0.2) is 44.2 Å². The predicted molar refractivity (Wildman–Crippen MR) is 92.9 cm³/mol. The highest BCUT2D eigenvalue weighted by Gasteiger charge is 2.31. The quantitative estimate of drug-likeness (QED) is 0.747. The highest BCUT2D eigenvalue weighted by atomic mass is 35.5. The van der Waals surface area contributed by atoms with Crippen molar-refractivity contribution in [3.8, 4) is 0 Å². The number of nitrogens with one attached hydrogen (secondary N) is 3. The Bertz CT molecular complexity index is 549. The number of carbonyl (C=O) groups is 2. The van der Waals surface area contributed by atoms with E-state index in [0.29, 0.717) is 6.54 Å². The third-order valence-electron chi connectivity index (χ3n) is 4.46. The van der Waals surface area contributed by atoms with Gasteiger partial charge < -0.3 is 20.7 Å². The maximum atomic E-state index is 12.3. The minimum absolute atomic E-state index is 0. The van der Waals surface area contributed by atoms with E-state index in [1.165, 1.54) is 0 Å². The summed E-state index contributed by atoms with van der Waals surface area (Å²) in [6.45, 7) is 2.22. The van der Waals surface area contributed by atoms with Crippen LogP contribution in [-0.2, 0) is 14.3 Å². The van der Waals surface area contributed by atoms with Crippen molar-refractivity contribution in [2.75, 3.05) is 26.2 Å². The molecular weight excluding hydrogens is 330 g/mol. The third kappa shape index (κ3) is 4.69. The lowest BCUT2D eigenvalue weighted by atomic mass is 9.96. The number of rotatable bonds is 4. The molecule has 0 bridgehead atoms. The zero-order valence-electron chi connectivity index (χ0n) is 13.5. The van der Waals surface area contributed by atoms with E-state index in [9.17, 15) is 9.59 Å². The third-order valence-corrected chi connectivity index (χ3v) is 4.46. The number of ether oxygens (including phenoxy) is 1. The zero-order valence-corrected chi connectivity index (χ0v) is 14.3. The van der Waals surface area contributed by atoms with Gasteiger partial charge in [0.25, 0.3) is 0 Å². The topological polar surface area (TPSA) is 79.5 Å². The average Bonchev–Trinajstić information content (AvgIpc) is 2.62. The molecule has 0 aliphatic carbocycles. The predicted octanol–water partition coefficient (Wildman–Crippen LogP) is 0.780. The molecule has 2 heterocycles. The molecule has 24 heavy (non-hydrogen) atoms. The second-order valence-corrected chi connectivity index (χ2v) is 6.07. The fourth-order valence-electron chi connectivity index (χ4n) is 3.15. The van der Waals surface area contributed by atoms with Crippen molar-refractivity contribution < 1.29 is 14.3 Å². The van der Waals surface area contributed by atoms with Gasteiger partial charge in [-0.3, -0.25) is 9.59 Å². The number of benzene rings is 1. The molecule has 1 aromatic rings. The first-order valence-electron chi connectivity index (χ1n) is 8.18. The Balaban J connectivity index is 0.00000208. The van der Waals surface area contributed by atoms with Crippen molar-refractivity contribution in [2.24, 2.45) is 5.92 Å². The van der Waals surface area contributed by atoms with Gasteiger partial charge in [-0.2, -0.15) is 0 Å². The summed E-state index contributed by atoms with van der Waals surface area (Å²) in [5.41, 5.74) is 0.988. The molecule has 0 saturated carbocycles. The summed E-state index contributed by atoms with van der Waals surface area (Å²) in [6, 6.07) is 9.48. The standard InChI is InChI=1S/C17H23N3O3.ClH/c21-15-11-23-14(16(20-15)12-4-2-1-3-5-12)10-19-17(22)13-6-8-18-9-7-13;/h1-5,13-14,16,18H,6-11H2,(H,19,22)(H,20,21);1H/t14-,16+;/m0./s1. The summed E-state index contributed by atoms with van der Waals surface area (Å²) in [5.74, 6) is 0.0307. The lowest BCUT2D eigenvalue weighted by Crippen LogP contribution is -2.51. The summed E-state index contributed by atoms with van der Waals surface area (Å²) >= 11 is 0. The molecule has 2 fully saturated rings. The van der Waals surface area contributed by atoms with Crippen molar-refractivity contribution in [1.29, 1.82) is 0 Å². The number of amides is 2. The molecule has 0 spiro atoms. The molecule has 2 aliphatic rings. The molecule has 2 amide bonds. The summed E-state index contributed by atoms with van der Waals surface area (Å²) in [7, 11) is 0. The van der Waals surface area contributed by atoms with Gasteiger partial charge in [0.1, 0.15) is 6.61 Å². The van der Waals surface area contributed by atoms with Crippen LogP contribution >= 0.6 is 12.4 Å². The minimum Gasteiger partial charge on any atom is -0.364 e. The minimum atomic E-state index is -0.249. The van der Waals surface area contributed by atoms with Crippen LogP contribution in [0.15, 0.2) is 30.3 Å². The Morgan fingerprint density at radius 1 is 1.21 bits per heavy atom. The molecule has 2 aliphatic heterocycles. The molecular formula is C17H24ClN3O3. The van der Waals surface area contributed by atoms with E-state index in [1.807, 2.05) is 30.3 Å².